The number of allylic oxidation sites excluding steroid dienone is 8. The second-order valence-corrected chi connectivity index (χ2v) is 20.5. The second-order valence-electron chi connectivity index (χ2n) is 20.5. The molecule has 2 heteroatoms. The summed E-state index contributed by atoms with van der Waals surface area (Å²) in [6, 6.07) is 50.4. The standard InChI is InChI=1S/C63H60N2/c1-9-22-46-47-37-36-42(64-56-32-19-16-29-51(56)63(7,8)54-38-35-41(2)39-59(54)64)40-55(47)61(3,4)50(46)28-15-14-23-43-44-24-10-12-26-48(44)60(49-27-13-11-25-45(43)49)65-57-33-20-17-30-52(57)62(5,6)53-31-18-21-34-58(53)65/h9-14,16-18,20-27,29-31,33-40,50H,1,15,19,28,32H2,2-8H3/b23-14+,46-22-. The number of benzene rings is 7. The van der Waals surface area contributed by atoms with Gasteiger partial charge in [-0.2, -0.15) is 0 Å². The third kappa shape index (κ3) is 6.20. The molecule has 2 aliphatic carbocycles. The zero-order valence-electron chi connectivity index (χ0n) is 39.2. The monoisotopic (exact) mass is 844 g/mol. The van der Waals surface area contributed by atoms with Crippen molar-refractivity contribution in [3.05, 3.63) is 221 Å². The van der Waals surface area contributed by atoms with Gasteiger partial charge in [0.25, 0.3) is 0 Å². The Morgan fingerprint density at radius 1 is 0.631 bits per heavy atom. The summed E-state index contributed by atoms with van der Waals surface area (Å²) in [5, 5.41) is 5.07. The van der Waals surface area contributed by atoms with Crippen molar-refractivity contribution >= 4 is 61.6 Å². The third-order valence-electron chi connectivity index (χ3n) is 15.7. The summed E-state index contributed by atoms with van der Waals surface area (Å²) in [7, 11) is 0. The van der Waals surface area contributed by atoms with Crippen molar-refractivity contribution in [2.24, 2.45) is 5.92 Å². The number of para-hydroxylation sites is 2. The number of hydrogen-bond acceptors (Lipinski definition) is 2. The van der Waals surface area contributed by atoms with Crippen LogP contribution in [0.3, 0.4) is 0 Å². The number of nitrogens with zero attached hydrogens (tertiary/aromatic N) is 2. The van der Waals surface area contributed by atoms with Crippen molar-refractivity contribution in [1.29, 1.82) is 0 Å². The van der Waals surface area contributed by atoms with E-state index in [0.717, 1.165) is 25.7 Å². The minimum Gasteiger partial charge on any atom is -0.314 e. The summed E-state index contributed by atoms with van der Waals surface area (Å²) in [4.78, 5) is 5.14. The molecule has 2 heterocycles. The summed E-state index contributed by atoms with van der Waals surface area (Å²) in [6.45, 7) is 20.9. The van der Waals surface area contributed by atoms with Crippen LogP contribution in [0.25, 0.3) is 33.2 Å². The number of hydrogen-bond donors (Lipinski definition) is 0. The Hall–Kier alpha value is -6.64. The topological polar surface area (TPSA) is 6.48 Å². The molecule has 0 fully saturated rings. The first-order valence-electron chi connectivity index (χ1n) is 23.8. The lowest BCUT2D eigenvalue weighted by Gasteiger charge is -2.44. The highest BCUT2D eigenvalue weighted by Gasteiger charge is 2.44. The molecule has 7 aromatic carbocycles. The van der Waals surface area contributed by atoms with E-state index in [9.17, 15) is 0 Å². The van der Waals surface area contributed by atoms with Gasteiger partial charge in [0.1, 0.15) is 0 Å². The molecule has 2 aliphatic heterocycles. The lowest BCUT2D eigenvalue weighted by molar-refractivity contribution is 0.393. The molecule has 0 amide bonds. The molecule has 1 unspecified atom stereocenters. The predicted octanol–water partition coefficient (Wildman–Crippen LogP) is 17.4. The molecule has 322 valence electrons. The Kier molecular flexibility index (Phi) is 9.63. The van der Waals surface area contributed by atoms with Crippen molar-refractivity contribution in [2.45, 2.75) is 90.4 Å². The maximum absolute atomic E-state index is 4.21. The fourth-order valence-corrected chi connectivity index (χ4v) is 12.4. The Balaban J connectivity index is 0.957. The van der Waals surface area contributed by atoms with Gasteiger partial charge in [0, 0.05) is 33.0 Å². The van der Waals surface area contributed by atoms with E-state index in [1.165, 1.54) is 106 Å². The molecule has 2 nitrogen and oxygen atoms in total. The highest BCUT2D eigenvalue weighted by atomic mass is 15.2. The van der Waals surface area contributed by atoms with Gasteiger partial charge in [0.15, 0.2) is 0 Å². The van der Waals surface area contributed by atoms with E-state index < -0.39 is 0 Å². The van der Waals surface area contributed by atoms with Crippen molar-refractivity contribution in [2.75, 3.05) is 9.80 Å². The van der Waals surface area contributed by atoms with Crippen molar-refractivity contribution in [1.82, 2.24) is 0 Å². The van der Waals surface area contributed by atoms with Gasteiger partial charge in [0.2, 0.25) is 0 Å². The lowest BCUT2D eigenvalue weighted by Crippen LogP contribution is -2.35. The minimum atomic E-state index is -0.124. The molecule has 7 aromatic rings. The zero-order chi connectivity index (χ0) is 44.8. The largest absolute Gasteiger partial charge is 0.314 e. The van der Waals surface area contributed by atoms with Gasteiger partial charge in [-0.05, 0) is 135 Å². The molecule has 0 aromatic heterocycles. The van der Waals surface area contributed by atoms with Crippen LogP contribution in [0.15, 0.2) is 182 Å². The Morgan fingerprint density at radius 3 is 1.91 bits per heavy atom. The fourth-order valence-electron chi connectivity index (χ4n) is 12.4. The second kappa shape index (κ2) is 15.2. The molecule has 65 heavy (non-hydrogen) atoms. The van der Waals surface area contributed by atoms with Crippen LogP contribution in [0.4, 0.5) is 28.4 Å². The van der Waals surface area contributed by atoms with Crippen LogP contribution >= 0.6 is 0 Å². The van der Waals surface area contributed by atoms with Gasteiger partial charge in [-0.1, -0.05) is 188 Å². The highest BCUT2D eigenvalue weighted by molar-refractivity contribution is 6.19. The van der Waals surface area contributed by atoms with E-state index in [1.807, 2.05) is 6.08 Å². The fraction of sp³-hybridized carbons (Fsp3) is 0.238. The van der Waals surface area contributed by atoms with E-state index in [0.29, 0.717) is 5.92 Å². The van der Waals surface area contributed by atoms with Gasteiger partial charge in [-0.3, -0.25) is 0 Å². The smallest absolute Gasteiger partial charge is 0.0619 e. The predicted molar refractivity (Wildman–Crippen MR) is 279 cm³/mol. The van der Waals surface area contributed by atoms with Gasteiger partial charge in [-0.25, -0.2) is 0 Å². The summed E-state index contributed by atoms with van der Waals surface area (Å²) < 4.78 is 0. The van der Waals surface area contributed by atoms with E-state index in [-0.39, 0.29) is 16.2 Å². The van der Waals surface area contributed by atoms with E-state index in [4.69, 9.17) is 0 Å². The Morgan fingerprint density at radius 2 is 1.25 bits per heavy atom. The van der Waals surface area contributed by atoms with Gasteiger partial charge in [-0.15, -0.1) is 0 Å². The molecule has 0 N–H and O–H groups in total. The molecule has 0 spiro atoms. The van der Waals surface area contributed by atoms with Crippen LogP contribution in [-0.4, -0.2) is 0 Å². The minimum absolute atomic E-state index is 0.0515. The average Bonchev–Trinajstić information content (AvgIpc) is 3.52. The third-order valence-corrected chi connectivity index (χ3v) is 15.7. The molecule has 11 rings (SSSR count). The lowest BCUT2D eigenvalue weighted by atomic mass is 9.71. The Labute approximate surface area is 386 Å². The summed E-state index contributed by atoms with van der Waals surface area (Å²) in [6.07, 6.45) is 18.0. The maximum Gasteiger partial charge on any atom is 0.0619 e. The van der Waals surface area contributed by atoms with Crippen LogP contribution in [-0.2, 0) is 16.2 Å². The van der Waals surface area contributed by atoms with Crippen molar-refractivity contribution < 1.29 is 0 Å². The molecular weight excluding hydrogens is 785 g/mol. The molecule has 1 atom stereocenters. The van der Waals surface area contributed by atoms with E-state index in [2.05, 4.69) is 229 Å². The molecule has 0 saturated heterocycles. The Bertz CT molecular complexity index is 3130. The number of anilines is 5. The molecule has 0 saturated carbocycles. The number of rotatable bonds is 7. The quantitative estimate of drug-likeness (QED) is 0.148. The van der Waals surface area contributed by atoms with Crippen LogP contribution in [0.1, 0.15) is 106 Å². The van der Waals surface area contributed by atoms with Crippen molar-refractivity contribution in [3.8, 4) is 0 Å². The molecule has 0 bridgehead atoms. The van der Waals surface area contributed by atoms with Gasteiger partial charge < -0.3 is 9.80 Å². The normalized spacial score (nSPS) is 19.4. The zero-order valence-corrected chi connectivity index (χ0v) is 39.2. The average molecular weight is 845 g/mol. The highest BCUT2D eigenvalue weighted by Crippen LogP contribution is 2.57. The first-order valence-corrected chi connectivity index (χ1v) is 23.8. The van der Waals surface area contributed by atoms with Crippen LogP contribution in [0, 0.1) is 12.8 Å². The number of aryl methyl sites for hydroxylation is 1. The molecule has 0 radical (unpaired) electrons. The van der Waals surface area contributed by atoms with Gasteiger partial charge >= 0.3 is 0 Å². The SMILES string of the molecule is C=C/C=C1/c2ccc(N3C4=C(C=CCC4)C(C)(C)c4ccc(C)cc43)cc2C(C)(C)C1CC/C=C/c1c2ccccc2c(N2c3ccccc3C(C)(C)c3ccccc32)c2ccccc12. The van der Waals surface area contributed by atoms with Crippen LogP contribution in [0.2, 0.25) is 0 Å². The van der Waals surface area contributed by atoms with E-state index >= 15 is 0 Å². The first kappa shape index (κ1) is 41.1. The maximum atomic E-state index is 4.21. The summed E-state index contributed by atoms with van der Waals surface area (Å²) >= 11 is 0. The van der Waals surface area contributed by atoms with Gasteiger partial charge in [0.05, 0.1) is 22.7 Å². The molecular formula is C63H60N2. The van der Waals surface area contributed by atoms with Crippen LogP contribution < -0.4 is 9.80 Å². The summed E-state index contributed by atoms with van der Waals surface area (Å²) in [5.41, 5.74) is 19.8. The summed E-state index contributed by atoms with van der Waals surface area (Å²) in [5.74, 6) is 0.344. The van der Waals surface area contributed by atoms with E-state index in [1.54, 1.807) is 0 Å². The molecule has 4 aliphatic rings. The number of fused-ring (bicyclic) bond motifs is 6. The first-order chi connectivity index (χ1) is 31.4. The van der Waals surface area contributed by atoms with Crippen molar-refractivity contribution in [3.63, 3.8) is 0 Å². The van der Waals surface area contributed by atoms with Crippen LogP contribution in [0.5, 0.6) is 0 Å².